The van der Waals surface area contributed by atoms with Crippen LogP contribution in [0, 0.1) is 0 Å². The van der Waals surface area contributed by atoms with Gasteiger partial charge in [-0.05, 0) is 12.1 Å². The molecule has 2 N–H and O–H groups in total. The van der Waals surface area contributed by atoms with Crippen molar-refractivity contribution < 1.29 is 21.2 Å². The summed E-state index contributed by atoms with van der Waals surface area (Å²) >= 11 is 0. The fourth-order valence-corrected chi connectivity index (χ4v) is 0.856. The molecule has 0 unspecified atom stereocenters. The Labute approximate surface area is 118 Å². The van der Waals surface area contributed by atoms with Gasteiger partial charge in [0.05, 0.1) is 11.1 Å². The van der Waals surface area contributed by atoms with E-state index in [1.165, 1.54) is 24.3 Å². The zero-order valence-corrected chi connectivity index (χ0v) is 6.02. The first kappa shape index (κ1) is 12.8. The van der Waals surface area contributed by atoms with Gasteiger partial charge in [0.2, 0.25) is 0 Å². The van der Waals surface area contributed by atoms with Gasteiger partial charge in [-0.2, -0.15) is 0 Å². The van der Waals surface area contributed by atoms with Crippen LogP contribution in [0.3, 0.4) is 0 Å². The minimum absolute atomic E-state index is 0. The number of rotatable bonds is 2. The summed E-state index contributed by atoms with van der Waals surface area (Å²) in [7, 11) is 0. The van der Waals surface area contributed by atoms with Gasteiger partial charge in [-0.3, -0.25) is 0 Å². The van der Waals surface area contributed by atoms with Crippen LogP contribution in [0.2, 0.25) is 0 Å². The fraction of sp³-hybridized carbons (Fsp3) is 0. The van der Waals surface area contributed by atoms with Gasteiger partial charge in [0.25, 0.3) is 0 Å². The molecule has 0 spiro atoms. The Morgan fingerprint density at radius 2 is 1.31 bits per heavy atom. The van der Waals surface area contributed by atoms with E-state index < -0.39 is 11.9 Å². The Balaban J connectivity index is 0. The second-order valence-corrected chi connectivity index (χ2v) is 2.16. The molecule has 4 nitrogen and oxygen atoms in total. The number of carboxylic acid groups (broad SMARTS) is 2. The summed E-state index contributed by atoms with van der Waals surface area (Å²) in [5, 5.41) is 17.1. The molecule has 0 fully saturated rings. The van der Waals surface area contributed by atoms with Gasteiger partial charge in [-0.15, -0.1) is 0 Å². The van der Waals surface area contributed by atoms with Gasteiger partial charge >= 0.3 is 63.3 Å². The molecule has 0 saturated carbocycles. The van der Waals surface area contributed by atoms with Gasteiger partial charge in [0.15, 0.2) is 0 Å². The quantitative estimate of drug-likeness (QED) is 0.701. The number of hydrogen-bond donors (Lipinski definition) is 2. The first-order chi connectivity index (χ1) is 5.63. The summed E-state index contributed by atoms with van der Waals surface area (Å²) in [6, 6.07) is 5.48. The number of benzene rings is 1. The molecule has 0 amide bonds. The summed E-state index contributed by atoms with van der Waals surface area (Å²) in [4.78, 5) is 20.9. The van der Waals surface area contributed by atoms with Crippen LogP contribution in [0.1, 0.15) is 22.1 Å². The van der Waals surface area contributed by atoms with E-state index >= 15 is 0 Å². The Morgan fingerprint density at radius 1 is 1.00 bits per heavy atom. The average Bonchev–Trinajstić information content (AvgIpc) is 2.04. The number of carbonyl (C=O) groups is 2. The first-order valence-corrected chi connectivity index (χ1v) is 3.18. The number of aromatic carboxylic acids is 2. The van der Waals surface area contributed by atoms with Crippen molar-refractivity contribution in [2.75, 3.05) is 0 Å². The van der Waals surface area contributed by atoms with Crippen LogP contribution in [0.4, 0.5) is 0 Å². The van der Waals surface area contributed by atoms with E-state index in [0.29, 0.717) is 0 Å². The van der Waals surface area contributed by atoms with Crippen LogP contribution in [-0.4, -0.2) is 73.5 Å². The van der Waals surface area contributed by atoms with E-state index in [-0.39, 0.29) is 63.9 Å². The third-order valence-corrected chi connectivity index (χ3v) is 1.39. The van der Waals surface area contributed by atoms with Gasteiger partial charge in [-0.25, -0.2) is 9.59 Å². The summed E-state index contributed by atoms with van der Waals surface area (Å²) in [5.74, 6) is -2.46. The summed E-state index contributed by atoms with van der Waals surface area (Å²) in [6.07, 6.45) is 0. The van der Waals surface area contributed by atoms with E-state index in [1.807, 2.05) is 0 Å². The summed E-state index contributed by atoms with van der Waals surface area (Å²) in [6.45, 7) is 0. The van der Waals surface area contributed by atoms with Gasteiger partial charge < -0.3 is 10.2 Å². The molecular formula is C8H9KO4. The zero-order valence-electron chi connectivity index (χ0n) is 6.02. The van der Waals surface area contributed by atoms with Gasteiger partial charge in [-0.1, -0.05) is 12.1 Å². The number of hydrogen-bond acceptors (Lipinski definition) is 2. The van der Waals surface area contributed by atoms with Crippen LogP contribution in [-0.2, 0) is 0 Å². The molecule has 0 aromatic heterocycles. The Bertz CT molecular complexity index is 307. The van der Waals surface area contributed by atoms with Gasteiger partial charge in [0, 0.05) is 1.43 Å². The molecule has 0 aliphatic rings. The summed E-state index contributed by atoms with van der Waals surface area (Å²) < 4.78 is 0. The van der Waals surface area contributed by atoms with E-state index in [2.05, 4.69) is 0 Å². The van der Waals surface area contributed by atoms with Crippen LogP contribution in [0.15, 0.2) is 24.3 Å². The van der Waals surface area contributed by atoms with E-state index in [1.54, 1.807) is 0 Å². The molecule has 0 atom stereocenters. The van der Waals surface area contributed by atoms with E-state index in [0.717, 1.165) is 0 Å². The molecule has 0 bridgehead atoms. The third kappa shape index (κ3) is 3.20. The van der Waals surface area contributed by atoms with Crippen molar-refractivity contribution in [2.24, 2.45) is 0 Å². The maximum atomic E-state index is 10.5. The molecule has 5 heteroatoms. The van der Waals surface area contributed by atoms with Crippen molar-refractivity contribution in [3.05, 3.63) is 35.4 Å². The predicted octanol–water partition coefficient (Wildman–Crippen LogP) is 0.680. The average molecular weight is 208 g/mol. The van der Waals surface area contributed by atoms with Crippen LogP contribution < -0.4 is 0 Å². The zero-order chi connectivity index (χ0) is 9.14. The Kier molecular flexibility index (Phi) is 5.42. The number of carboxylic acids is 2. The predicted molar refractivity (Wildman–Crippen MR) is 49.6 cm³/mol. The van der Waals surface area contributed by atoms with Gasteiger partial charge in [0.1, 0.15) is 0 Å². The van der Waals surface area contributed by atoms with E-state index in [4.69, 9.17) is 10.2 Å². The maximum absolute atomic E-state index is 10.5. The van der Waals surface area contributed by atoms with Crippen LogP contribution in [0.25, 0.3) is 0 Å². The SMILES string of the molecule is O=C(O)c1ccccc1C(=O)O.[HH].[KH]. The Morgan fingerprint density at radius 3 is 1.54 bits per heavy atom. The van der Waals surface area contributed by atoms with Crippen molar-refractivity contribution in [1.82, 2.24) is 0 Å². The third-order valence-electron chi connectivity index (χ3n) is 1.39. The first-order valence-electron chi connectivity index (χ1n) is 3.18. The molecule has 0 aliphatic heterocycles. The molecule has 1 aromatic rings. The van der Waals surface area contributed by atoms with E-state index in [9.17, 15) is 9.59 Å². The van der Waals surface area contributed by atoms with Crippen molar-refractivity contribution >= 4 is 63.3 Å². The standard InChI is InChI=1S/C8H6O4.K.H2.H/c9-7(10)5-3-1-2-4-6(5)8(11)12;;;/h1-4H,(H,9,10)(H,11,12);;1H;. The van der Waals surface area contributed by atoms with Crippen molar-refractivity contribution in [3.63, 3.8) is 0 Å². The second kappa shape index (κ2) is 5.51. The molecule has 66 valence electrons. The van der Waals surface area contributed by atoms with Crippen molar-refractivity contribution in [2.45, 2.75) is 0 Å². The monoisotopic (exact) mass is 208 g/mol. The molecule has 0 aliphatic carbocycles. The molecule has 1 aromatic carbocycles. The normalized spacial score (nSPS) is 8.62. The van der Waals surface area contributed by atoms with Crippen molar-refractivity contribution in [3.8, 4) is 0 Å². The molecule has 0 radical (unpaired) electrons. The molecule has 13 heavy (non-hydrogen) atoms. The van der Waals surface area contributed by atoms with Crippen LogP contribution >= 0.6 is 0 Å². The topological polar surface area (TPSA) is 74.6 Å². The Hall–Kier alpha value is -0.204. The molecular weight excluding hydrogens is 199 g/mol. The molecule has 1 rings (SSSR count). The fourth-order valence-electron chi connectivity index (χ4n) is 0.856. The molecule has 0 heterocycles. The second-order valence-electron chi connectivity index (χ2n) is 2.16. The van der Waals surface area contributed by atoms with Crippen LogP contribution in [0.5, 0.6) is 0 Å². The summed E-state index contributed by atoms with van der Waals surface area (Å²) in [5.41, 5.74) is -0.380. The molecule has 0 saturated heterocycles. The minimum atomic E-state index is -1.23. The van der Waals surface area contributed by atoms with Crippen molar-refractivity contribution in [1.29, 1.82) is 0 Å².